The molecule has 0 radical (unpaired) electrons. The van der Waals surface area contributed by atoms with Crippen molar-refractivity contribution < 1.29 is 47.7 Å². The number of hydrogen-bond acceptors (Lipinski definition) is 11. The minimum atomic E-state index is -1.03. The molecule has 1 fully saturated rings. The van der Waals surface area contributed by atoms with Gasteiger partial charge in [0.25, 0.3) is 11.8 Å². The summed E-state index contributed by atoms with van der Waals surface area (Å²) in [4.78, 5) is 76.3. The van der Waals surface area contributed by atoms with E-state index < -0.39 is 46.8 Å². The number of allylic oxidation sites excluding steroid dienone is 3. The Morgan fingerprint density at radius 3 is 2.49 bits per heavy atom. The summed E-state index contributed by atoms with van der Waals surface area (Å²) in [6.45, 7) is 10.3. The van der Waals surface area contributed by atoms with Crippen molar-refractivity contribution in [1.82, 2.24) is 15.5 Å². The molecule has 6 rings (SSSR count). The minimum Gasteiger partial charge on any atom is -0.459 e. The smallest absolute Gasteiger partial charge is 0.407 e. The van der Waals surface area contributed by atoms with Gasteiger partial charge in [-0.2, -0.15) is 0 Å². The maximum atomic E-state index is 13.3. The van der Waals surface area contributed by atoms with Crippen LogP contribution in [0, 0.1) is 23.2 Å². The number of amides is 5. The van der Waals surface area contributed by atoms with Gasteiger partial charge < -0.3 is 29.6 Å². The first-order valence-electron chi connectivity index (χ1n) is 19.3. The number of fused-ring (bicyclic) bond motifs is 2. The van der Waals surface area contributed by atoms with Crippen LogP contribution < -0.4 is 16.0 Å². The number of anilines is 1. The third kappa shape index (κ3) is 8.40. The first kappa shape index (κ1) is 39.9. The van der Waals surface area contributed by atoms with Crippen molar-refractivity contribution in [3.05, 3.63) is 65.3 Å². The fourth-order valence-corrected chi connectivity index (χ4v) is 8.94. The highest BCUT2D eigenvalue weighted by Gasteiger charge is 2.58. The largest absolute Gasteiger partial charge is 0.459 e. The summed E-state index contributed by atoms with van der Waals surface area (Å²) in [6.07, 6.45) is 12.5. The molecule has 3 heterocycles. The van der Waals surface area contributed by atoms with Gasteiger partial charge in [-0.05, 0) is 68.1 Å². The number of rotatable bonds is 15. The van der Waals surface area contributed by atoms with Crippen molar-refractivity contribution >= 4 is 41.4 Å². The number of ether oxygens (including phenoxy) is 4. The molecule has 55 heavy (non-hydrogen) atoms. The molecule has 0 bridgehead atoms. The van der Waals surface area contributed by atoms with Crippen LogP contribution in [0.1, 0.15) is 86.9 Å². The minimum absolute atomic E-state index is 0.0523. The predicted molar refractivity (Wildman–Crippen MR) is 201 cm³/mol. The van der Waals surface area contributed by atoms with E-state index in [4.69, 9.17) is 18.9 Å². The molecule has 0 aromatic heterocycles. The SMILES string of the molecule is C[C@H]1C=C2C=C[C@H](C)[C@H](CC[C@@H]3CC=CC(=O)O3)[C@@]2(C)[C@@](C)(OC(=O)NCCOCCOCCNc2cccc3c2C(=O)N(C2CCC(=O)NC2=O)C3=O)C1. The van der Waals surface area contributed by atoms with Gasteiger partial charge in [-0.3, -0.25) is 29.4 Å². The van der Waals surface area contributed by atoms with Crippen LogP contribution in [0.2, 0.25) is 0 Å². The van der Waals surface area contributed by atoms with Gasteiger partial charge >= 0.3 is 12.1 Å². The summed E-state index contributed by atoms with van der Waals surface area (Å²) in [6, 6.07) is 3.86. The van der Waals surface area contributed by atoms with Gasteiger partial charge in [0.15, 0.2) is 0 Å². The van der Waals surface area contributed by atoms with Crippen LogP contribution in [-0.2, 0) is 33.3 Å². The van der Waals surface area contributed by atoms with E-state index in [0.717, 1.165) is 17.7 Å². The summed E-state index contributed by atoms with van der Waals surface area (Å²) >= 11 is 0. The van der Waals surface area contributed by atoms with Crippen molar-refractivity contribution in [2.24, 2.45) is 23.2 Å². The van der Waals surface area contributed by atoms with Crippen LogP contribution in [0.15, 0.2) is 54.2 Å². The molecule has 5 amide bonds. The van der Waals surface area contributed by atoms with Crippen LogP contribution >= 0.6 is 0 Å². The van der Waals surface area contributed by atoms with E-state index in [-0.39, 0.29) is 66.9 Å². The molecule has 0 saturated carbocycles. The highest BCUT2D eigenvalue weighted by Crippen LogP contribution is 2.59. The Labute approximate surface area is 321 Å². The van der Waals surface area contributed by atoms with Crippen LogP contribution in [0.3, 0.4) is 0 Å². The number of carbonyl (C=O) groups is 6. The monoisotopic (exact) mass is 760 g/mol. The van der Waals surface area contributed by atoms with E-state index in [0.29, 0.717) is 44.9 Å². The lowest BCUT2D eigenvalue weighted by Gasteiger charge is -2.57. The third-order valence-electron chi connectivity index (χ3n) is 11.8. The molecule has 7 atom stereocenters. The van der Waals surface area contributed by atoms with Crippen molar-refractivity contribution in [2.75, 3.05) is 44.8 Å². The molecular weight excluding hydrogens is 708 g/mol. The molecule has 5 aliphatic rings. The van der Waals surface area contributed by atoms with E-state index in [2.05, 4.69) is 54.9 Å². The number of benzene rings is 1. The van der Waals surface area contributed by atoms with Gasteiger partial charge in [0.2, 0.25) is 11.8 Å². The lowest BCUT2D eigenvalue weighted by molar-refractivity contribution is -0.145. The molecule has 14 nitrogen and oxygen atoms in total. The highest BCUT2D eigenvalue weighted by molar-refractivity contribution is 6.25. The molecule has 0 spiro atoms. The molecule has 1 saturated heterocycles. The third-order valence-corrected chi connectivity index (χ3v) is 11.8. The maximum Gasteiger partial charge on any atom is 0.407 e. The lowest BCUT2D eigenvalue weighted by atomic mass is 9.51. The van der Waals surface area contributed by atoms with Gasteiger partial charge in [-0.1, -0.05) is 51.1 Å². The first-order chi connectivity index (χ1) is 26.3. The van der Waals surface area contributed by atoms with E-state index in [1.807, 2.05) is 13.0 Å². The summed E-state index contributed by atoms with van der Waals surface area (Å²) in [7, 11) is 0. The number of piperidine rings is 1. The molecule has 3 aliphatic heterocycles. The lowest BCUT2D eigenvalue weighted by Crippen LogP contribution is -2.58. The summed E-state index contributed by atoms with van der Waals surface area (Å²) in [5, 5.41) is 8.19. The topological polar surface area (TPSA) is 179 Å². The van der Waals surface area contributed by atoms with Gasteiger partial charge in [-0.15, -0.1) is 0 Å². The zero-order valence-corrected chi connectivity index (χ0v) is 32.0. The number of esters is 1. The molecule has 296 valence electrons. The Kier molecular flexibility index (Phi) is 12.3. The number of carbonyl (C=O) groups excluding carboxylic acids is 6. The average Bonchev–Trinajstić information content (AvgIpc) is 3.38. The predicted octanol–water partition coefficient (Wildman–Crippen LogP) is 4.46. The van der Waals surface area contributed by atoms with Crippen molar-refractivity contribution in [3.63, 3.8) is 0 Å². The molecule has 14 heteroatoms. The molecule has 1 unspecified atom stereocenters. The first-order valence-corrected chi connectivity index (χ1v) is 19.3. The highest BCUT2D eigenvalue weighted by atomic mass is 16.6. The Morgan fingerprint density at radius 1 is 0.982 bits per heavy atom. The van der Waals surface area contributed by atoms with Gasteiger partial charge in [0, 0.05) is 43.1 Å². The standard InChI is InChI=1S/C41H52N4O10/c1-25-23-27-12-11-26(2)30(14-13-28-7-5-10-34(47)54-28)41(27,4)40(3,24-25)55-39(51)43-18-20-53-22-21-52-19-17-42-31-9-6-8-29-35(31)38(50)45(37(29)49)32-15-16-33(46)44-36(32)48/h5-6,8-12,23,25-26,28,30,32,42H,7,13-22,24H2,1-4H3,(H,43,51)(H,44,46,48)/t25-,26-,28-,30-,32?,40-,41-/m0/s1. The summed E-state index contributed by atoms with van der Waals surface area (Å²) < 4.78 is 23.2. The van der Waals surface area contributed by atoms with Crippen LogP contribution in [0.4, 0.5) is 10.5 Å². The second kappa shape index (κ2) is 16.9. The Morgan fingerprint density at radius 2 is 1.75 bits per heavy atom. The van der Waals surface area contributed by atoms with Crippen molar-refractivity contribution in [3.8, 4) is 0 Å². The molecular formula is C41H52N4O10. The fraction of sp³-hybridized carbons (Fsp3) is 0.561. The van der Waals surface area contributed by atoms with Crippen molar-refractivity contribution in [1.29, 1.82) is 0 Å². The Bertz CT molecular complexity index is 1790. The zero-order chi connectivity index (χ0) is 39.3. The molecule has 2 aliphatic carbocycles. The number of nitrogens with zero attached hydrogens (tertiary/aromatic N) is 1. The average molecular weight is 761 g/mol. The number of imide groups is 2. The van der Waals surface area contributed by atoms with E-state index in [1.165, 1.54) is 11.6 Å². The van der Waals surface area contributed by atoms with Crippen LogP contribution in [0.5, 0.6) is 0 Å². The van der Waals surface area contributed by atoms with Gasteiger partial charge in [0.1, 0.15) is 17.7 Å². The summed E-state index contributed by atoms with van der Waals surface area (Å²) in [5.74, 6) is -1.88. The maximum absolute atomic E-state index is 13.3. The quantitative estimate of drug-likeness (QED) is 0.131. The van der Waals surface area contributed by atoms with Gasteiger partial charge in [-0.25, -0.2) is 9.59 Å². The van der Waals surface area contributed by atoms with E-state index in [1.54, 1.807) is 18.2 Å². The number of alkyl carbamates (subject to hydrolysis) is 1. The fourth-order valence-electron chi connectivity index (χ4n) is 8.94. The van der Waals surface area contributed by atoms with Crippen LogP contribution in [0.25, 0.3) is 0 Å². The number of hydrogen-bond donors (Lipinski definition) is 3. The van der Waals surface area contributed by atoms with E-state index >= 15 is 0 Å². The normalized spacial score (nSPS) is 30.0. The Balaban J connectivity index is 0.911. The second-order valence-electron chi connectivity index (χ2n) is 15.5. The van der Waals surface area contributed by atoms with Gasteiger partial charge in [0.05, 0.1) is 37.6 Å². The van der Waals surface area contributed by atoms with E-state index in [9.17, 15) is 28.8 Å². The Hall–Kier alpha value is -4.82. The van der Waals surface area contributed by atoms with Crippen LogP contribution in [-0.4, -0.2) is 97.9 Å². The second-order valence-corrected chi connectivity index (χ2v) is 15.5. The molecule has 3 N–H and O–H groups in total. The number of nitrogens with one attached hydrogen (secondary N) is 3. The summed E-state index contributed by atoms with van der Waals surface area (Å²) in [5.41, 5.74) is 0.813. The molecule has 1 aromatic rings. The molecule has 1 aromatic carbocycles. The zero-order valence-electron chi connectivity index (χ0n) is 32.0. The van der Waals surface area contributed by atoms with Crippen molar-refractivity contribution in [2.45, 2.75) is 84.0 Å². The number of cyclic esters (lactones) is 1.